The van der Waals surface area contributed by atoms with Gasteiger partial charge in [-0.15, -0.1) is 11.3 Å². The van der Waals surface area contributed by atoms with E-state index in [1.165, 1.54) is 23.1 Å². The maximum atomic E-state index is 13.4. The minimum absolute atomic E-state index is 0.0391. The highest BCUT2D eigenvalue weighted by Crippen LogP contribution is 2.31. The standard InChI is InChI=1S/C25H22N4O5S/c1-3-29-23(30)22(27-18-6-4-12-26-14-18)20(21(28-29)19-7-5-13-35-19)25(32)34-15-16-8-10-17(11-9-16)24(31)33-2/h4-14,27H,3,15H2,1-2H3. The lowest BCUT2D eigenvalue weighted by Crippen LogP contribution is -2.29. The SMILES string of the molecule is CCn1nc(-c2cccs2)c(C(=O)OCc2ccc(C(=O)OC)cc2)c(Nc2cccnc2)c1=O. The van der Waals surface area contributed by atoms with Crippen molar-refractivity contribution in [2.75, 3.05) is 12.4 Å². The molecule has 10 heteroatoms. The molecule has 0 amide bonds. The summed E-state index contributed by atoms with van der Waals surface area (Å²) in [5, 5.41) is 9.36. The van der Waals surface area contributed by atoms with Crippen LogP contribution in [-0.2, 0) is 22.6 Å². The van der Waals surface area contributed by atoms with Gasteiger partial charge < -0.3 is 14.8 Å². The molecule has 0 radical (unpaired) electrons. The fourth-order valence-corrected chi connectivity index (χ4v) is 4.06. The molecule has 0 saturated carbocycles. The fourth-order valence-electron chi connectivity index (χ4n) is 3.34. The third-order valence-electron chi connectivity index (χ3n) is 5.09. The molecule has 0 spiro atoms. The van der Waals surface area contributed by atoms with Gasteiger partial charge in [0.1, 0.15) is 23.6 Å². The molecule has 0 atom stereocenters. The lowest BCUT2D eigenvalue weighted by Gasteiger charge is -2.16. The van der Waals surface area contributed by atoms with Crippen LogP contribution in [-0.4, -0.2) is 33.8 Å². The maximum absolute atomic E-state index is 13.4. The van der Waals surface area contributed by atoms with Crippen molar-refractivity contribution in [2.45, 2.75) is 20.1 Å². The Morgan fingerprint density at radius 1 is 1.09 bits per heavy atom. The third kappa shape index (κ3) is 5.28. The van der Waals surface area contributed by atoms with Gasteiger partial charge in [-0.2, -0.15) is 5.10 Å². The molecule has 0 saturated heterocycles. The van der Waals surface area contributed by atoms with Crippen molar-refractivity contribution in [3.8, 4) is 10.6 Å². The van der Waals surface area contributed by atoms with E-state index < -0.39 is 17.5 Å². The topological polar surface area (TPSA) is 112 Å². The predicted molar refractivity (Wildman–Crippen MR) is 132 cm³/mol. The number of anilines is 2. The maximum Gasteiger partial charge on any atom is 0.343 e. The summed E-state index contributed by atoms with van der Waals surface area (Å²) in [5.74, 6) is -1.16. The normalized spacial score (nSPS) is 10.6. The first kappa shape index (κ1) is 23.8. The number of rotatable bonds is 8. The number of aromatic nitrogens is 3. The summed E-state index contributed by atoms with van der Waals surface area (Å²) in [4.78, 5) is 43.0. The second kappa shape index (κ2) is 10.7. The molecular formula is C25H22N4O5S. The van der Waals surface area contributed by atoms with Crippen molar-refractivity contribution in [2.24, 2.45) is 0 Å². The summed E-state index contributed by atoms with van der Waals surface area (Å²) in [5.41, 5.74) is 1.59. The lowest BCUT2D eigenvalue weighted by atomic mass is 10.1. The zero-order valence-corrected chi connectivity index (χ0v) is 19.9. The van der Waals surface area contributed by atoms with E-state index in [9.17, 15) is 14.4 Å². The Morgan fingerprint density at radius 3 is 2.51 bits per heavy atom. The van der Waals surface area contributed by atoms with Crippen molar-refractivity contribution in [3.63, 3.8) is 0 Å². The van der Waals surface area contributed by atoms with Gasteiger partial charge in [-0.05, 0) is 48.2 Å². The van der Waals surface area contributed by atoms with Crippen LogP contribution in [0.1, 0.15) is 33.2 Å². The molecule has 3 aromatic heterocycles. The number of thiophene rings is 1. The van der Waals surface area contributed by atoms with Gasteiger partial charge in [0, 0.05) is 12.7 Å². The second-order valence-corrected chi connectivity index (χ2v) is 8.28. The average Bonchev–Trinajstić information content (AvgIpc) is 3.43. The summed E-state index contributed by atoms with van der Waals surface area (Å²) >= 11 is 1.40. The highest BCUT2D eigenvalue weighted by molar-refractivity contribution is 7.13. The number of ether oxygens (including phenoxy) is 2. The number of methoxy groups -OCH3 is 1. The van der Waals surface area contributed by atoms with Gasteiger partial charge in [0.2, 0.25) is 0 Å². The second-order valence-electron chi connectivity index (χ2n) is 7.33. The Balaban J connectivity index is 1.72. The van der Waals surface area contributed by atoms with Gasteiger partial charge in [0.25, 0.3) is 5.56 Å². The van der Waals surface area contributed by atoms with Gasteiger partial charge in [-0.1, -0.05) is 18.2 Å². The molecule has 35 heavy (non-hydrogen) atoms. The molecule has 9 nitrogen and oxygen atoms in total. The Kier molecular flexibility index (Phi) is 7.32. The first-order chi connectivity index (χ1) is 17.0. The molecule has 0 fully saturated rings. The number of nitrogens with one attached hydrogen (secondary N) is 1. The number of benzene rings is 1. The third-order valence-corrected chi connectivity index (χ3v) is 5.97. The summed E-state index contributed by atoms with van der Waals surface area (Å²) in [6, 6.07) is 13.6. The van der Waals surface area contributed by atoms with Crippen LogP contribution in [0.25, 0.3) is 10.6 Å². The first-order valence-corrected chi connectivity index (χ1v) is 11.6. The summed E-state index contributed by atoms with van der Waals surface area (Å²) in [6.07, 6.45) is 3.17. The smallest absolute Gasteiger partial charge is 0.343 e. The van der Waals surface area contributed by atoms with Crippen molar-refractivity contribution in [1.29, 1.82) is 0 Å². The number of aryl methyl sites for hydroxylation is 1. The van der Waals surface area contributed by atoms with E-state index in [0.717, 1.165) is 4.88 Å². The molecule has 4 aromatic rings. The van der Waals surface area contributed by atoms with E-state index in [-0.39, 0.29) is 17.9 Å². The number of hydrogen-bond donors (Lipinski definition) is 1. The number of hydrogen-bond acceptors (Lipinski definition) is 9. The molecule has 0 bridgehead atoms. The van der Waals surface area contributed by atoms with Crippen LogP contribution in [0.3, 0.4) is 0 Å². The van der Waals surface area contributed by atoms with Crippen molar-refractivity contribution < 1.29 is 19.1 Å². The van der Waals surface area contributed by atoms with Crippen LogP contribution in [0.4, 0.5) is 11.4 Å². The van der Waals surface area contributed by atoms with Crippen LogP contribution in [0.15, 0.2) is 71.1 Å². The number of carbonyl (C=O) groups is 2. The average molecular weight is 491 g/mol. The van der Waals surface area contributed by atoms with Gasteiger partial charge >= 0.3 is 11.9 Å². The fraction of sp³-hybridized carbons (Fsp3) is 0.160. The summed E-state index contributed by atoms with van der Waals surface area (Å²) in [7, 11) is 1.31. The Bertz CT molecular complexity index is 1380. The number of esters is 2. The van der Waals surface area contributed by atoms with Crippen LogP contribution in [0.2, 0.25) is 0 Å². The van der Waals surface area contributed by atoms with E-state index in [4.69, 9.17) is 9.47 Å². The van der Waals surface area contributed by atoms with Crippen LogP contribution in [0, 0.1) is 0 Å². The summed E-state index contributed by atoms with van der Waals surface area (Å²) in [6.45, 7) is 2.06. The quantitative estimate of drug-likeness (QED) is 0.364. The molecular weight excluding hydrogens is 468 g/mol. The van der Waals surface area contributed by atoms with E-state index in [1.54, 1.807) is 55.7 Å². The Hall–Kier alpha value is -4.31. The van der Waals surface area contributed by atoms with Crippen LogP contribution >= 0.6 is 11.3 Å². The highest BCUT2D eigenvalue weighted by Gasteiger charge is 2.26. The first-order valence-electron chi connectivity index (χ1n) is 10.7. The van der Waals surface area contributed by atoms with Crippen molar-refractivity contribution in [3.05, 3.63) is 93.3 Å². The largest absolute Gasteiger partial charge is 0.465 e. The highest BCUT2D eigenvalue weighted by atomic mass is 32.1. The van der Waals surface area contributed by atoms with Crippen molar-refractivity contribution >= 4 is 34.7 Å². The zero-order chi connectivity index (χ0) is 24.8. The minimum Gasteiger partial charge on any atom is -0.465 e. The number of pyridine rings is 1. The van der Waals surface area contributed by atoms with Gasteiger partial charge in [0.15, 0.2) is 0 Å². The number of carbonyl (C=O) groups excluding carboxylic acids is 2. The van der Waals surface area contributed by atoms with E-state index in [1.807, 2.05) is 17.5 Å². The number of nitrogens with zero attached hydrogens (tertiary/aromatic N) is 3. The lowest BCUT2D eigenvalue weighted by molar-refractivity contribution is 0.0472. The van der Waals surface area contributed by atoms with Crippen LogP contribution < -0.4 is 10.9 Å². The molecule has 0 aliphatic rings. The van der Waals surface area contributed by atoms with Gasteiger partial charge in [-0.25, -0.2) is 14.3 Å². The zero-order valence-electron chi connectivity index (χ0n) is 19.1. The molecule has 1 aromatic carbocycles. The monoisotopic (exact) mass is 490 g/mol. The minimum atomic E-state index is -0.704. The Morgan fingerprint density at radius 2 is 1.89 bits per heavy atom. The van der Waals surface area contributed by atoms with Gasteiger partial charge in [0.05, 0.1) is 29.4 Å². The van der Waals surface area contributed by atoms with Gasteiger partial charge in [-0.3, -0.25) is 9.78 Å². The van der Waals surface area contributed by atoms with E-state index in [2.05, 4.69) is 15.4 Å². The predicted octanol–water partition coefficient (Wildman–Crippen LogP) is 4.27. The molecule has 0 aliphatic heterocycles. The molecule has 1 N–H and O–H groups in total. The molecule has 0 aliphatic carbocycles. The molecule has 178 valence electrons. The molecule has 4 rings (SSSR count). The summed E-state index contributed by atoms with van der Waals surface area (Å²) < 4.78 is 11.6. The van der Waals surface area contributed by atoms with E-state index in [0.29, 0.717) is 29.1 Å². The molecule has 0 unspecified atom stereocenters. The molecule has 3 heterocycles. The van der Waals surface area contributed by atoms with Crippen molar-refractivity contribution in [1.82, 2.24) is 14.8 Å². The van der Waals surface area contributed by atoms with E-state index >= 15 is 0 Å². The van der Waals surface area contributed by atoms with Crippen LogP contribution in [0.5, 0.6) is 0 Å². The Labute approximate surface area is 205 Å².